The molecule has 0 fully saturated rings. The van der Waals surface area contributed by atoms with Gasteiger partial charge in [-0.25, -0.2) is 5.43 Å². The molecular formula is C24H26IN3O4. The minimum absolute atomic E-state index is 0.126. The lowest BCUT2D eigenvalue weighted by atomic mass is 10.0. The molecule has 32 heavy (non-hydrogen) atoms. The highest BCUT2D eigenvalue weighted by atomic mass is 127. The molecule has 0 heterocycles. The van der Waals surface area contributed by atoms with E-state index in [-0.39, 0.29) is 18.4 Å². The number of hydrogen-bond acceptors (Lipinski definition) is 5. The van der Waals surface area contributed by atoms with Crippen LogP contribution in [-0.4, -0.2) is 37.8 Å². The summed E-state index contributed by atoms with van der Waals surface area (Å²) in [5.41, 5.74) is 4.74. The Balaban J connectivity index is 2.08. The molecule has 0 radical (unpaired) electrons. The van der Waals surface area contributed by atoms with Crippen molar-refractivity contribution in [2.75, 3.05) is 13.7 Å². The Labute approximate surface area is 202 Å². The van der Waals surface area contributed by atoms with Crippen LogP contribution < -0.4 is 20.2 Å². The van der Waals surface area contributed by atoms with Crippen LogP contribution in [-0.2, 0) is 4.79 Å². The number of carbonyl (C=O) groups is 2. The Morgan fingerprint density at radius 3 is 2.53 bits per heavy atom. The first-order chi connectivity index (χ1) is 15.3. The van der Waals surface area contributed by atoms with E-state index in [1.54, 1.807) is 18.2 Å². The number of nitrogens with zero attached hydrogens (tertiary/aromatic N) is 1. The Morgan fingerprint density at radius 2 is 1.94 bits per heavy atom. The maximum absolute atomic E-state index is 12.7. The van der Waals surface area contributed by atoms with E-state index < -0.39 is 11.9 Å². The Kier molecular flexibility index (Phi) is 9.53. The lowest BCUT2D eigenvalue weighted by molar-refractivity contribution is -0.123. The molecule has 0 aliphatic rings. The molecule has 2 aromatic carbocycles. The van der Waals surface area contributed by atoms with Gasteiger partial charge in [0, 0.05) is 5.56 Å². The largest absolute Gasteiger partial charge is 0.493 e. The smallest absolute Gasteiger partial charge is 0.262 e. The Hall–Kier alpha value is -3.06. The predicted molar refractivity (Wildman–Crippen MR) is 133 cm³/mol. The zero-order chi connectivity index (χ0) is 23.7. The average Bonchev–Trinajstić information content (AvgIpc) is 2.76. The molecule has 7 nitrogen and oxygen atoms in total. The van der Waals surface area contributed by atoms with Crippen LogP contribution in [0.4, 0.5) is 0 Å². The minimum Gasteiger partial charge on any atom is -0.493 e. The maximum atomic E-state index is 12.7. The van der Waals surface area contributed by atoms with Gasteiger partial charge in [-0.15, -0.1) is 6.42 Å². The molecule has 2 rings (SSSR count). The van der Waals surface area contributed by atoms with E-state index >= 15 is 0 Å². The number of amides is 2. The van der Waals surface area contributed by atoms with Crippen molar-refractivity contribution in [3.8, 4) is 23.8 Å². The second kappa shape index (κ2) is 12.1. The number of hydrazone groups is 1. The lowest BCUT2D eigenvalue weighted by Gasteiger charge is -2.20. The summed E-state index contributed by atoms with van der Waals surface area (Å²) in [4.78, 5) is 25.2. The van der Waals surface area contributed by atoms with Crippen LogP contribution in [0, 0.1) is 28.8 Å². The van der Waals surface area contributed by atoms with E-state index in [2.05, 4.69) is 44.4 Å². The molecule has 2 amide bonds. The van der Waals surface area contributed by atoms with Gasteiger partial charge in [0.25, 0.3) is 11.8 Å². The summed E-state index contributed by atoms with van der Waals surface area (Å²) in [6.45, 7) is 5.77. The van der Waals surface area contributed by atoms with Gasteiger partial charge in [-0.3, -0.25) is 9.59 Å². The molecule has 8 heteroatoms. The lowest BCUT2D eigenvalue weighted by Crippen LogP contribution is -2.48. The molecule has 0 bridgehead atoms. The van der Waals surface area contributed by atoms with Gasteiger partial charge in [0.2, 0.25) is 0 Å². The number of hydrogen-bond donors (Lipinski definition) is 2. The highest BCUT2D eigenvalue weighted by Crippen LogP contribution is 2.33. The van der Waals surface area contributed by atoms with E-state index in [9.17, 15) is 9.59 Å². The van der Waals surface area contributed by atoms with E-state index in [1.165, 1.54) is 13.3 Å². The number of benzene rings is 2. The summed E-state index contributed by atoms with van der Waals surface area (Å²) in [5.74, 6) is 2.61. The molecule has 2 aromatic rings. The SMILES string of the molecule is C#CCOc1c(I)cc(/C=N/NC(=O)C(NC(=O)c2ccc(C)cc2)C(C)C)cc1OC. The third-order valence-corrected chi connectivity index (χ3v) is 5.29. The minimum atomic E-state index is -0.741. The molecule has 0 aliphatic heterocycles. The van der Waals surface area contributed by atoms with Crippen molar-refractivity contribution in [1.82, 2.24) is 10.7 Å². The van der Waals surface area contributed by atoms with Gasteiger partial charge in [-0.2, -0.15) is 5.10 Å². The maximum Gasteiger partial charge on any atom is 0.262 e. The summed E-state index contributed by atoms with van der Waals surface area (Å²) in [6, 6.07) is 9.96. The van der Waals surface area contributed by atoms with Gasteiger partial charge >= 0.3 is 0 Å². The van der Waals surface area contributed by atoms with Gasteiger partial charge in [0.05, 0.1) is 16.9 Å². The summed E-state index contributed by atoms with van der Waals surface area (Å²) in [6.07, 6.45) is 6.74. The molecule has 168 valence electrons. The molecule has 2 N–H and O–H groups in total. The number of rotatable bonds is 9. The fourth-order valence-electron chi connectivity index (χ4n) is 2.77. The van der Waals surface area contributed by atoms with Crippen LogP contribution in [0.25, 0.3) is 0 Å². The molecule has 0 spiro atoms. The highest BCUT2D eigenvalue weighted by Gasteiger charge is 2.24. The Morgan fingerprint density at radius 1 is 1.25 bits per heavy atom. The van der Waals surface area contributed by atoms with Gasteiger partial charge in [-0.05, 0) is 65.3 Å². The standard InChI is InChI=1S/C24H26IN3O4/c1-6-11-32-22-19(25)12-17(13-20(22)31-5)14-26-28-24(30)21(15(2)3)27-23(29)18-9-7-16(4)8-10-18/h1,7-10,12-15,21H,11H2,2-5H3,(H,27,29)(H,28,30)/b26-14+. The van der Waals surface area contributed by atoms with Crippen molar-refractivity contribution < 1.29 is 19.1 Å². The van der Waals surface area contributed by atoms with E-state index in [0.717, 1.165) is 9.13 Å². The fourth-order valence-corrected chi connectivity index (χ4v) is 3.55. The van der Waals surface area contributed by atoms with Crippen LogP contribution in [0.3, 0.4) is 0 Å². The molecule has 0 saturated carbocycles. The van der Waals surface area contributed by atoms with Crippen LogP contribution >= 0.6 is 22.6 Å². The van der Waals surface area contributed by atoms with Crippen LogP contribution in [0.5, 0.6) is 11.5 Å². The third-order valence-electron chi connectivity index (χ3n) is 4.49. The number of methoxy groups -OCH3 is 1. The van der Waals surface area contributed by atoms with Gasteiger partial charge in [-0.1, -0.05) is 37.5 Å². The molecule has 0 aromatic heterocycles. The van der Waals surface area contributed by atoms with Crippen LogP contribution in [0.15, 0.2) is 41.5 Å². The zero-order valence-corrected chi connectivity index (χ0v) is 20.6. The topological polar surface area (TPSA) is 89.0 Å². The van der Waals surface area contributed by atoms with Gasteiger partial charge < -0.3 is 14.8 Å². The summed E-state index contributed by atoms with van der Waals surface area (Å²) >= 11 is 2.11. The zero-order valence-electron chi connectivity index (χ0n) is 18.4. The normalized spacial score (nSPS) is 11.7. The second-order valence-corrected chi connectivity index (χ2v) is 8.48. The predicted octanol–water partition coefficient (Wildman–Crippen LogP) is 3.52. The van der Waals surface area contributed by atoms with E-state index in [0.29, 0.717) is 22.6 Å². The summed E-state index contributed by atoms with van der Waals surface area (Å²) in [7, 11) is 1.53. The van der Waals surface area contributed by atoms with Crippen molar-refractivity contribution in [1.29, 1.82) is 0 Å². The van der Waals surface area contributed by atoms with E-state index in [4.69, 9.17) is 15.9 Å². The average molecular weight is 547 g/mol. The number of ether oxygens (including phenoxy) is 2. The molecule has 1 unspecified atom stereocenters. The number of nitrogens with one attached hydrogen (secondary N) is 2. The highest BCUT2D eigenvalue weighted by molar-refractivity contribution is 14.1. The number of carbonyl (C=O) groups excluding carboxylic acids is 2. The summed E-state index contributed by atoms with van der Waals surface area (Å²) < 4.78 is 11.7. The Bertz CT molecular complexity index is 1030. The van der Waals surface area contributed by atoms with Gasteiger partial charge in [0.15, 0.2) is 11.5 Å². The number of aryl methyl sites for hydroxylation is 1. The molecule has 0 saturated heterocycles. The van der Waals surface area contributed by atoms with Crippen molar-refractivity contribution in [3.63, 3.8) is 0 Å². The van der Waals surface area contributed by atoms with E-state index in [1.807, 2.05) is 39.0 Å². The van der Waals surface area contributed by atoms with Crippen LogP contribution in [0.2, 0.25) is 0 Å². The van der Waals surface area contributed by atoms with Gasteiger partial charge in [0.1, 0.15) is 12.6 Å². The second-order valence-electron chi connectivity index (χ2n) is 7.32. The van der Waals surface area contributed by atoms with Crippen LogP contribution in [0.1, 0.15) is 35.3 Å². The van der Waals surface area contributed by atoms with Crippen molar-refractivity contribution in [2.45, 2.75) is 26.8 Å². The first-order valence-corrected chi connectivity index (χ1v) is 11.0. The quantitative estimate of drug-likeness (QED) is 0.218. The summed E-state index contributed by atoms with van der Waals surface area (Å²) in [5, 5.41) is 6.81. The van der Waals surface area contributed by atoms with Crippen molar-refractivity contribution in [3.05, 3.63) is 56.7 Å². The first-order valence-electron chi connectivity index (χ1n) is 9.91. The molecule has 0 aliphatic carbocycles. The molecular weight excluding hydrogens is 521 g/mol. The fraction of sp³-hybridized carbons (Fsp3) is 0.292. The molecule has 1 atom stereocenters. The number of terminal acetylenes is 1. The number of halogens is 1. The monoisotopic (exact) mass is 547 g/mol. The van der Waals surface area contributed by atoms with Crippen molar-refractivity contribution >= 4 is 40.6 Å². The first kappa shape index (κ1) is 25.2. The van der Waals surface area contributed by atoms with Crippen molar-refractivity contribution in [2.24, 2.45) is 11.0 Å². The third kappa shape index (κ3) is 6.99.